The van der Waals surface area contributed by atoms with Crippen molar-refractivity contribution in [3.63, 3.8) is 0 Å². The summed E-state index contributed by atoms with van der Waals surface area (Å²) < 4.78 is 0. The van der Waals surface area contributed by atoms with Crippen LogP contribution in [-0.2, 0) is 4.79 Å². The lowest BCUT2D eigenvalue weighted by Crippen LogP contribution is -2.49. The highest BCUT2D eigenvalue weighted by Gasteiger charge is 2.49. The van der Waals surface area contributed by atoms with Crippen molar-refractivity contribution in [3.05, 3.63) is 25.3 Å². The number of carbonyl (C=O) groups is 1. The van der Waals surface area contributed by atoms with Gasteiger partial charge in [-0.15, -0.1) is 13.2 Å². The molecule has 20 heavy (non-hydrogen) atoms. The molecule has 2 unspecified atom stereocenters. The Morgan fingerprint density at radius 1 is 1.35 bits per heavy atom. The van der Waals surface area contributed by atoms with Gasteiger partial charge in [-0.05, 0) is 32.2 Å². The molecular formula is C16H27N3O. The van der Waals surface area contributed by atoms with Gasteiger partial charge in [0.25, 0.3) is 0 Å². The SMILES string of the molecule is C=CCN(CC=C)C(=O)CN1CC2CNCC2C1(C)C. The molecule has 2 rings (SSSR count). The number of nitrogens with one attached hydrogen (secondary N) is 1. The number of fused-ring (bicyclic) bond motifs is 1. The first kappa shape index (κ1) is 15.3. The Kier molecular flexibility index (Phi) is 4.66. The summed E-state index contributed by atoms with van der Waals surface area (Å²) in [5.74, 6) is 1.51. The van der Waals surface area contributed by atoms with Crippen LogP contribution in [0.25, 0.3) is 0 Å². The van der Waals surface area contributed by atoms with Crippen molar-refractivity contribution >= 4 is 5.91 Å². The van der Waals surface area contributed by atoms with E-state index in [1.165, 1.54) is 0 Å². The molecule has 112 valence electrons. The van der Waals surface area contributed by atoms with Gasteiger partial charge in [0, 0.05) is 31.7 Å². The van der Waals surface area contributed by atoms with Crippen molar-refractivity contribution < 1.29 is 4.79 Å². The molecule has 2 heterocycles. The molecule has 0 aliphatic carbocycles. The van der Waals surface area contributed by atoms with Gasteiger partial charge in [-0.25, -0.2) is 0 Å². The maximum Gasteiger partial charge on any atom is 0.237 e. The number of rotatable bonds is 6. The average molecular weight is 277 g/mol. The van der Waals surface area contributed by atoms with Gasteiger partial charge in [0.2, 0.25) is 5.91 Å². The van der Waals surface area contributed by atoms with E-state index in [0.29, 0.717) is 31.5 Å². The summed E-state index contributed by atoms with van der Waals surface area (Å²) >= 11 is 0. The molecule has 2 fully saturated rings. The van der Waals surface area contributed by atoms with Crippen LogP contribution in [-0.4, -0.2) is 60.5 Å². The summed E-state index contributed by atoms with van der Waals surface area (Å²) in [5, 5.41) is 3.47. The normalized spacial score (nSPS) is 28.1. The van der Waals surface area contributed by atoms with Crippen LogP contribution in [0.15, 0.2) is 25.3 Å². The molecule has 4 heteroatoms. The van der Waals surface area contributed by atoms with E-state index in [9.17, 15) is 4.79 Å². The van der Waals surface area contributed by atoms with E-state index in [0.717, 1.165) is 19.6 Å². The van der Waals surface area contributed by atoms with Crippen LogP contribution in [0.4, 0.5) is 0 Å². The summed E-state index contributed by atoms with van der Waals surface area (Å²) in [5.41, 5.74) is 0.0951. The van der Waals surface area contributed by atoms with Crippen molar-refractivity contribution in [2.45, 2.75) is 19.4 Å². The van der Waals surface area contributed by atoms with E-state index in [4.69, 9.17) is 0 Å². The van der Waals surface area contributed by atoms with Crippen molar-refractivity contribution in [1.82, 2.24) is 15.1 Å². The minimum atomic E-state index is 0.0951. The van der Waals surface area contributed by atoms with Gasteiger partial charge in [-0.2, -0.15) is 0 Å². The van der Waals surface area contributed by atoms with E-state index in [-0.39, 0.29) is 11.4 Å². The molecule has 4 nitrogen and oxygen atoms in total. The highest BCUT2D eigenvalue weighted by molar-refractivity contribution is 5.78. The zero-order valence-electron chi connectivity index (χ0n) is 12.8. The summed E-state index contributed by atoms with van der Waals surface area (Å²) in [6, 6.07) is 0. The predicted octanol–water partition coefficient (Wildman–Crippen LogP) is 1.12. The second kappa shape index (κ2) is 6.10. The van der Waals surface area contributed by atoms with E-state index in [1.807, 2.05) is 4.90 Å². The Hall–Kier alpha value is -1.13. The van der Waals surface area contributed by atoms with E-state index >= 15 is 0 Å². The third-order valence-corrected chi connectivity index (χ3v) is 4.89. The minimum Gasteiger partial charge on any atom is -0.334 e. The average Bonchev–Trinajstić information content (AvgIpc) is 2.93. The minimum absolute atomic E-state index is 0.0951. The summed E-state index contributed by atoms with van der Waals surface area (Å²) in [6.07, 6.45) is 3.55. The van der Waals surface area contributed by atoms with Crippen LogP contribution in [0.2, 0.25) is 0 Å². The van der Waals surface area contributed by atoms with Crippen LogP contribution in [0.3, 0.4) is 0 Å². The Morgan fingerprint density at radius 3 is 2.55 bits per heavy atom. The number of amides is 1. The molecule has 0 saturated carbocycles. The fourth-order valence-corrected chi connectivity index (χ4v) is 3.63. The topological polar surface area (TPSA) is 35.6 Å². The maximum atomic E-state index is 12.5. The second-order valence-corrected chi connectivity index (χ2v) is 6.44. The quantitative estimate of drug-likeness (QED) is 0.739. The van der Waals surface area contributed by atoms with Gasteiger partial charge in [-0.1, -0.05) is 12.2 Å². The largest absolute Gasteiger partial charge is 0.334 e. The first-order valence-corrected chi connectivity index (χ1v) is 7.46. The lowest BCUT2D eigenvalue weighted by atomic mass is 9.85. The molecule has 2 aliphatic heterocycles. The fourth-order valence-electron chi connectivity index (χ4n) is 3.63. The highest BCUT2D eigenvalue weighted by atomic mass is 16.2. The van der Waals surface area contributed by atoms with Crippen LogP contribution in [0.5, 0.6) is 0 Å². The van der Waals surface area contributed by atoms with Crippen LogP contribution in [0, 0.1) is 11.8 Å². The zero-order chi connectivity index (χ0) is 14.8. The molecule has 0 bridgehead atoms. The van der Waals surface area contributed by atoms with Gasteiger partial charge < -0.3 is 10.2 Å². The Bertz CT molecular complexity index is 381. The van der Waals surface area contributed by atoms with Crippen molar-refractivity contribution in [1.29, 1.82) is 0 Å². The van der Waals surface area contributed by atoms with Gasteiger partial charge in [0.1, 0.15) is 0 Å². The molecule has 0 radical (unpaired) electrons. The Balaban J connectivity index is 2.00. The first-order chi connectivity index (χ1) is 9.50. The van der Waals surface area contributed by atoms with Crippen molar-refractivity contribution in [2.24, 2.45) is 11.8 Å². The Morgan fingerprint density at radius 2 is 2.00 bits per heavy atom. The van der Waals surface area contributed by atoms with Crippen LogP contribution in [0.1, 0.15) is 13.8 Å². The van der Waals surface area contributed by atoms with Gasteiger partial charge in [-0.3, -0.25) is 9.69 Å². The lowest BCUT2D eigenvalue weighted by molar-refractivity contribution is -0.132. The molecule has 2 saturated heterocycles. The number of nitrogens with zero attached hydrogens (tertiary/aromatic N) is 2. The Labute approximate surface area is 122 Å². The zero-order valence-corrected chi connectivity index (χ0v) is 12.8. The lowest BCUT2D eigenvalue weighted by Gasteiger charge is -2.36. The third-order valence-electron chi connectivity index (χ3n) is 4.89. The molecule has 0 aromatic carbocycles. The maximum absolute atomic E-state index is 12.5. The predicted molar refractivity (Wildman–Crippen MR) is 82.5 cm³/mol. The smallest absolute Gasteiger partial charge is 0.237 e. The molecule has 0 aromatic heterocycles. The first-order valence-electron chi connectivity index (χ1n) is 7.46. The summed E-state index contributed by atoms with van der Waals surface area (Å²) in [4.78, 5) is 16.6. The van der Waals surface area contributed by atoms with Gasteiger partial charge >= 0.3 is 0 Å². The third kappa shape index (κ3) is 2.81. The highest BCUT2D eigenvalue weighted by Crippen LogP contribution is 2.40. The monoisotopic (exact) mass is 277 g/mol. The van der Waals surface area contributed by atoms with Gasteiger partial charge in [0.15, 0.2) is 0 Å². The van der Waals surface area contributed by atoms with E-state index < -0.39 is 0 Å². The molecule has 1 N–H and O–H groups in total. The number of likely N-dealkylation sites (tertiary alicyclic amines) is 1. The number of carbonyl (C=O) groups excluding carboxylic acids is 1. The van der Waals surface area contributed by atoms with Crippen LogP contribution < -0.4 is 5.32 Å². The van der Waals surface area contributed by atoms with Crippen molar-refractivity contribution in [2.75, 3.05) is 39.3 Å². The molecule has 2 aliphatic rings. The molecule has 0 spiro atoms. The van der Waals surface area contributed by atoms with E-state index in [1.54, 1.807) is 12.2 Å². The van der Waals surface area contributed by atoms with Crippen LogP contribution >= 0.6 is 0 Å². The second-order valence-electron chi connectivity index (χ2n) is 6.44. The molecule has 0 aromatic rings. The summed E-state index contributed by atoms with van der Waals surface area (Å²) in [7, 11) is 0. The number of hydrogen-bond donors (Lipinski definition) is 1. The molecule has 1 amide bonds. The number of hydrogen-bond acceptors (Lipinski definition) is 3. The van der Waals surface area contributed by atoms with Crippen molar-refractivity contribution in [3.8, 4) is 0 Å². The summed E-state index contributed by atoms with van der Waals surface area (Å²) in [6.45, 7) is 16.8. The fraction of sp³-hybridized carbons (Fsp3) is 0.688. The van der Waals surface area contributed by atoms with Gasteiger partial charge in [0.05, 0.1) is 6.54 Å². The van der Waals surface area contributed by atoms with E-state index in [2.05, 4.69) is 37.2 Å². The molecular weight excluding hydrogens is 250 g/mol. The standard InChI is InChI=1S/C16H27N3O/c1-5-7-18(8-6-2)15(20)12-19-11-13-9-17-10-14(13)16(19,3)4/h5-6,13-14,17H,1-2,7-12H2,3-4H3. The molecule has 2 atom stereocenters.